The molecular weight excluding hydrogens is 316 g/mol. The second kappa shape index (κ2) is 9.15. The van der Waals surface area contributed by atoms with Gasteiger partial charge in [0.05, 0.1) is 6.17 Å². The van der Waals surface area contributed by atoms with Gasteiger partial charge in [-0.15, -0.1) is 0 Å². The number of aryl methyl sites for hydroxylation is 2. The van der Waals surface area contributed by atoms with Gasteiger partial charge in [-0.3, -0.25) is 10.6 Å². The van der Waals surface area contributed by atoms with Gasteiger partial charge in [0.25, 0.3) is 0 Å². The Morgan fingerprint density at radius 1 is 1.24 bits per heavy atom. The molecule has 2 rings (SSSR count). The Morgan fingerprint density at radius 2 is 2.00 bits per heavy atom. The fraction of sp³-hybridized carbons (Fsp3) is 0.611. The number of nitrogens with one attached hydrogen (secondary N) is 5. The van der Waals surface area contributed by atoms with Crippen LogP contribution in [-0.4, -0.2) is 56.6 Å². The summed E-state index contributed by atoms with van der Waals surface area (Å²) >= 11 is 0. The van der Waals surface area contributed by atoms with Gasteiger partial charge in [-0.05, 0) is 64.5 Å². The van der Waals surface area contributed by atoms with E-state index in [1.807, 2.05) is 25.1 Å². The van der Waals surface area contributed by atoms with E-state index in [4.69, 9.17) is 0 Å². The molecule has 3 atom stereocenters. The minimum absolute atomic E-state index is 0.170. The molecule has 25 heavy (non-hydrogen) atoms. The molecule has 3 unspecified atom stereocenters. The largest absolute Gasteiger partial charge is 0.321 e. The fourth-order valence-corrected chi connectivity index (χ4v) is 2.83. The van der Waals surface area contributed by atoms with Crippen molar-refractivity contribution in [2.45, 2.75) is 45.7 Å². The van der Waals surface area contributed by atoms with Gasteiger partial charge in [-0.1, -0.05) is 6.07 Å². The summed E-state index contributed by atoms with van der Waals surface area (Å²) in [4.78, 5) is 14.4. The number of hydrogen-bond donors (Lipinski definition) is 5. The van der Waals surface area contributed by atoms with Gasteiger partial charge in [0.15, 0.2) is 0 Å². The maximum atomic E-state index is 12.3. The number of benzene rings is 1. The number of amides is 2. The van der Waals surface area contributed by atoms with Crippen molar-refractivity contribution in [3.8, 4) is 0 Å². The second-order valence-corrected chi connectivity index (χ2v) is 7.11. The van der Waals surface area contributed by atoms with Gasteiger partial charge < -0.3 is 20.9 Å². The molecule has 0 aliphatic carbocycles. The average molecular weight is 348 g/mol. The highest BCUT2D eigenvalue weighted by molar-refractivity contribution is 5.89. The predicted octanol–water partition coefficient (Wildman–Crippen LogP) is 1.16. The lowest BCUT2D eigenvalue weighted by Gasteiger charge is -2.37. The number of rotatable bonds is 6. The molecule has 7 nitrogen and oxygen atoms in total. The summed E-state index contributed by atoms with van der Waals surface area (Å²) in [5.74, 6) is 0. The summed E-state index contributed by atoms with van der Waals surface area (Å²) in [5.41, 5.74) is 3.16. The first-order valence-corrected chi connectivity index (χ1v) is 8.88. The van der Waals surface area contributed by atoms with E-state index in [1.165, 1.54) is 5.56 Å². The molecule has 1 aliphatic heterocycles. The molecule has 0 bridgehead atoms. The van der Waals surface area contributed by atoms with E-state index < -0.39 is 0 Å². The Labute approximate surface area is 150 Å². The van der Waals surface area contributed by atoms with Crippen LogP contribution in [0.25, 0.3) is 0 Å². The molecule has 0 radical (unpaired) electrons. The summed E-state index contributed by atoms with van der Waals surface area (Å²) in [5, 5.41) is 16.0. The lowest BCUT2D eigenvalue weighted by molar-refractivity contribution is 0.191. The Hall–Kier alpha value is -1.67. The van der Waals surface area contributed by atoms with Crippen molar-refractivity contribution in [1.29, 1.82) is 0 Å². The molecule has 1 heterocycles. The maximum Gasteiger partial charge on any atom is 0.321 e. The summed E-state index contributed by atoms with van der Waals surface area (Å²) in [6.45, 7) is 8.09. The van der Waals surface area contributed by atoms with Gasteiger partial charge in [0.2, 0.25) is 0 Å². The molecule has 1 saturated heterocycles. The average Bonchev–Trinajstić information content (AvgIpc) is 2.50. The first kappa shape index (κ1) is 19.7. The number of carbonyl (C=O) groups is 1. The SMILES string of the molecule is Cc1ccc(NC(=O)NC2NC(C)CC(NCCN(C)C)N2)cc1C. The van der Waals surface area contributed by atoms with E-state index in [-0.39, 0.29) is 18.5 Å². The van der Waals surface area contributed by atoms with E-state index in [0.717, 1.165) is 30.8 Å². The lowest BCUT2D eigenvalue weighted by Crippen LogP contribution is -2.68. The van der Waals surface area contributed by atoms with E-state index in [0.29, 0.717) is 6.04 Å². The Balaban J connectivity index is 1.83. The molecule has 1 aliphatic rings. The maximum absolute atomic E-state index is 12.3. The Bertz CT molecular complexity index is 577. The van der Waals surface area contributed by atoms with Crippen LogP contribution in [0, 0.1) is 13.8 Å². The summed E-state index contributed by atoms with van der Waals surface area (Å²) in [6.07, 6.45) is 0.861. The molecule has 1 aromatic rings. The van der Waals surface area contributed by atoms with Crippen LogP contribution in [0.5, 0.6) is 0 Å². The minimum Gasteiger partial charge on any atom is -0.310 e. The number of urea groups is 1. The Morgan fingerprint density at radius 3 is 2.68 bits per heavy atom. The van der Waals surface area contributed by atoms with Crippen LogP contribution in [0.1, 0.15) is 24.5 Å². The zero-order valence-corrected chi connectivity index (χ0v) is 15.9. The molecule has 1 aromatic carbocycles. The van der Waals surface area contributed by atoms with Crippen LogP contribution >= 0.6 is 0 Å². The van der Waals surface area contributed by atoms with Crippen LogP contribution in [0.15, 0.2) is 18.2 Å². The Kier molecular flexibility index (Phi) is 7.19. The lowest BCUT2D eigenvalue weighted by atomic mass is 10.1. The zero-order valence-electron chi connectivity index (χ0n) is 15.9. The van der Waals surface area contributed by atoms with Gasteiger partial charge in [0, 0.05) is 24.8 Å². The molecule has 5 N–H and O–H groups in total. The normalized spacial score (nSPS) is 23.5. The van der Waals surface area contributed by atoms with Crippen LogP contribution in [0.4, 0.5) is 10.5 Å². The summed E-state index contributed by atoms with van der Waals surface area (Å²) in [6, 6.07) is 5.98. The van der Waals surface area contributed by atoms with Crippen molar-refractivity contribution in [3.05, 3.63) is 29.3 Å². The fourth-order valence-electron chi connectivity index (χ4n) is 2.83. The van der Waals surface area contributed by atoms with E-state index in [9.17, 15) is 4.79 Å². The van der Waals surface area contributed by atoms with E-state index in [1.54, 1.807) is 0 Å². The van der Waals surface area contributed by atoms with Gasteiger partial charge in [-0.25, -0.2) is 4.79 Å². The smallest absolute Gasteiger partial charge is 0.310 e. The second-order valence-electron chi connectivity index (χ2n) is 7.11. The van der Waals surface area contributed by atoms with Crippen molar-refractivity contribution >= 4 is 11.7 Å². The van der Waals surface area contributed by atoms with Crippen molar-refractivity contribution in [2.24, 2.45) is 0 Å². The number of nitrogens with zero attached hydrogens (tertiary/aromatic N) is 1. The summed E-state index contributed by atoms with van der Waals surface area (Å²) in [7, 11) is 4.11. The standard InChI is InChI=1S/C18H32N6O/c1-12-6-7-15(10-13(12)2)21-18(25)23-17-20-14(3)11-16(22-17)19-8-9-24(4)5/h6-7,10,14,16-17,19-20,22H,8-9,11H2,1-5H3,(H2,21,23,25). The van der Waals surface area contributed by atoms with E-state index in [2.05, 4.69) is 59.4 Å². The molecule has 140 valence electrons. The molecule has 0 aromatic heterocycles. The highest BCUT2D eigenvalue weighted by atomic mass is 16.2. The third-order valence-electron chi connectivity index (χ3n) is 4.40. The van der Waals surface area contributed by atoms with E-state index >= 15 is 0 Å². The third kappa shape index (κ3) is 6.62. The quantitative estimate of drug-likeness (QED) is 0.533. The van der Waals surface area contributed by atoms with Crippen molar-refractivity contribution < 1.29 is 4.79 Å². The summed E-state index contributed by atoms with van der Waals surface area (Å²) < 4.78 is 0. The number of hydrogen-bond acceptors (Lipinski definition) is 5. The molecule has 2 amide bonds. The van der Waals surface area contributed by atoms with Crippen molar-refractivity contribution in [1.82, 2.24) is 26.2 Å². The zero-order chi connectivity index (χ0) is 18.4. The van der Waals surface area contributed by atoms with Crippen LogP contribution in [-0.2, 0) is 0 Å². The van der Waals surface area contributed by atoms with Crippen LogP contribution in [0.3, 0.4) is 0 Å². The number of carbonyl (C=O) groups excluding carboxylic acids is 1. The molecule has 0 saturated carbocycles. The topological polar surface area (TPSA) is 80.5 Å². The van der Waals surface area contributed by atoms with Gasteiger partial charge in [-0.2, -0.15) is 0 Å². The van der Waals surface area contributed by atoms with Gasteiger partial charge >= 0.3 is 6.03 Å². The monoisotopic (exact) mass is 348 g/mol. The highest BCUT2D eigenvalue weighted by Gasteiger charge is 2.25. The van der Waals surface area contributed by atoms with Gasteiger partial charge in [0.1, 0.15) is 6.29 Å². The van der Waals surface area contributed by atoms with Crippen molar-refractivity contribution in [3.63, 3.8) is 0 Å². The number of anilines is 1. The minimum atomic E-state index is -0.271. The van der Waals surface area contributed by atoms with Crippen LogP contribution in [0.2, 0.25) is 0 Å². The highest BCUT2D eigenvalue weighted by Crippen LogP contribution is 2.14. The molecule has 7 heteroatoms. The van der Waals surface area contributed by atoms with Crippen LogP contribution < -0.4 is 26.6 Å². The third-order valence-corrected chi connectivity index (χ3v) is 4.40. The van der Waals surface area contributed by atoms with Crippen molar-refractivity contribution in [2.75, 3.05) is 32.5 Å². The number of likely N-dealkylation sites (N-methyl/N-ethyl adjacent to an activating group) is 1. The first-order valence-electron chi connectivity index (χ1n) is 8.88. The molecule has 0 spiro atoms. The molecule has 1 fully saturated rings. The first-order chi connectivity index (χ1) is 11.8. The molecular formula is C18H32N6O. The predicted molar refractivity (Wildman–Crippen MR) is 103 cm³/mol.